The summed E-state index contributed by atoms with van der Waals surface area (Å²) in [5.41, 5.74) is 2.24. The summed E-state index contributed by atoms with van der Waals surface area (Å²) >= 11 is 1.72. The molecule has 20 heavy (non-hydrogen) atoms. The fraction of sp³-hybridized carbons (Fsp3) is 0.333. The predicted octanol–water partition coefficient (Wildman–Crippen LogP) is 2.71. The van der Waals surface area contributed by atoms with E-state index >= 15 is 0 Å². The summed E-state index contributed by atoms with van der Waals surface area (Å²) in [6, 6.07) is 8.63. The van der Waals surface area contributed by atoms with E-state index in [1.54, 1.807) is 11.3 Å². The van der Waals surface area contributed by atoms with Gasteiger partial charge in [0.05, 0.1) is 22.4 Å². The zero-order valence-corrected chi connectivity index (χ0v) is 12.3. The minimum Gasteiger partial charge on any atom is -0.329 e. The number of aromatic nitrogens is 3. The van der Waals surface area contributed by atoms with Crippen LogP contribution in [0, 0.1) is 0 Å². The summed E-state index contributed by atoms with van der Waals surface area (Å²) < 4.78 is 2.22. The van der Waals surface area contributed by atoms with E-state index < -0.39 is 0 Å². The summed E-state index contributed by atoms with van der Waals surface area (Å²) in [5, 5.41) is 6.76. The fourth-order valence-electron chi connectivity index (χ4n) is 2.45. The van der Waals surface area contributed by atoms with E-state index in [1.807, 2.05) is 24.0 Å². The average Bonchev–Trinajstić information content (AvgIpc) is 3.10. The monoisotopic (exact) mass is 286 g/mol. The maximum atomic E-state index is 4.45. The van der Waals surface area contributed by atoms with Gasteiger partial charge in [-0.2, -0.15) is 0 Å². The lowest BCUT2D eigenvalue weighted by Crippen LogP contribution is -2.34. The standard InChI is InChI=1S/C15H18N4S/c1-2-16-12(9-15-17-7-8-20-15)10-19-11-18-13-5-3-4-6-14(13)19/h3-8,11-12,16H,2,9-10H2,1H3. The second-order valence-electron chi connectivity index (χ2n) is 4.77. The zero-order valence-electron chi connectivity index (χ0n) is 11.5. The average molecular weight is 286 g/mol. The third-order valence-electron chi connectivity index (χ3n) is 3.34. The summed E-state index contributed by atoms with van der Waals surface area (Å²) in [4.78, 5) is 8.83. The third kappa shape index (κ3) is 2.89. The number of hydrogen-bond donors (Lipinski definition) is 1. The van der Waals surface area contributed by atoms with Crippen molar-refractivity contribution in [2.75, 3.05) is 6.54 Å². The lowest BCUT2D eigenvalue weighted by molar-refractivity contribution is 0.460. The minimum absolute atomic E-state index is 0.378. The van der Waals surface area contributed by atoms with Gasteiger partial charge in [0.15, 0.2) is 0 Å². The van der Waals surface area contributed by atoms with Crippen LogP contribution in [0.5, 0.6) is 0 Å². The first kappa shape index (κ1) is 13.3. The molecular formula is C15H18N4S. The number of fused-ring (bicyclic) bond motifs is 1. The third-order valence-corrected chi connectivity index (χ3v) is 4.14. The molecule has 1 aromatic carbocycles. The largest absolute Gasteiger partial charge is 0.329 e. The molecule has 0 aliphatic heterocycles. The molecule has 0 radical (unpaired) electrons. The Morgan fingerprint density at radius 2 is 2.20 bits per heavy atom. The Kier molecular flexibility index (Phi) is 4.08. The molecule has 1 unspecified atom stereocenters. The normalized spacial score (nSPS) is 12.8. The maximum Gasteiger partial charge on any atom is 0.0958 e. The topological polar surface area (TPSA) is 42.7 Å². The highest BCUT2D eigenvalue weighted by atomic mass is 32.1. The first-order chi connectivity index (χ1) is 9.86. The van der Waals surface area contributed by atoms with E-state index in [4.69, 9.17) is 0 Å². The van der Waals surface area contributed by atoms with Crippen molar-refractivity contribution in [1.29, 1.82) is 0 Å². The van der Waals surface area contributed by atoms with Crippen molar-refractivity contribution >= 4 is 22.4 Å². The molecule has 0 amide bonds. The van der Waals surface area contributed by atoms with Crippen molar-refractivity contribution in [2.45, 2.75) is 25.9 Å². The van der Waals surface area contributed by atoms with Gasteiger partial charge in [0.25, 0.3) is 0 Å². The quantitative estimate of drug-likeness (QED) is 0.757. The Morgan fingerprint density at radius 3 is 3.00 bits per heavy atom. The predicted molar refractivity (Wildman–Crippen MR) is 83.0 cm³/mol. The number of para-hydroxylation sites is 2. The van der Waals surface area contributed by atoms with Gasteiger partial charge in [0, 0.05) is 30.6 Å². The van der Waals surface area contributed by atoms with Crippen molar-refractivity contribution in [1.82, 2.24) is 19.9 Å². The Labute approximate surface area is 122 Å². The smallest absolute Gasteiger partial charge is 0.0958 e. The molecule has 1 N–H and O–H groups in total. The van der Waals surface area contributed by atoms with Gasteiger partial charge in [0.2, 0.25) is 0 Å². The van der Waals surface area contributed by atoms with E-state index in [1.165, 1.54) is 10.5 Å². The summed E-state index contributed by atoms with van der Waals surface area (Å²) in [6.07, 6.45) is 4.75. The molecule has 2 aromatic heterocycles. The molecule has 2 heterocycles. The van der Waals surface area contributed by atoms with Crippen LogP contribution in [-0.2, 0) is 13.0 Å². The highest BCUT2D eigenvalue weighted by molar-refractivity contribution is 7.09. The van der Waals surface area contributed by atoms with Gasteiger partial charge in [-0.15, -0.1) is 11.3 Å². The first-order valence-corrected chi connectivity index (χ1v) is 7.76. The molecule has 0 saturated heterocycles. The van der Waals surface area contributed by atoms with Crippen LogP contribution in [-0.4, -0.2) is 27.1 Å². The number of benzene rings is 1. The van der Waals surface area contributed by atoms with Gasteiger partial charge in [-0.25, -0.2) is 9.97 Å². The molecule has 1 atom stereocenters. The zero-order chi connectivity index (χ0) is 13.8. The molecule has 0 bridgehead atoms. The van der Waals surface area contributed by atoms with Crippen LogP contribution in [0.3, 0.4) is 0 Å². The Morgan fingerprint density at radius 1 is 1.30 bits per heavy atom. The molecular weight excluding hydrogens is 268 g/mol. The summed E-state index contributed by atoms with van der Waals surface area (Å²) in [6.45, 7) is 4.01. The maximum absolute atomic E-state index is 4.45. The second-order valence-corrected chi connectivity index (χ2v) is 5.75. The van der Waals surface area contributed by atoms with Gasteiger partial charge < -0.3 is 9.88 Å². The van der Waals surface area contributed by atoms with Gasteiger partial charge in [-0.3, -0.25) is 0 Å². The molecule has 0 saturated carbocycles. The molecule has 3 rings (SSSR count). The Hall–Kier alpha value is -1.72. The molecule has 0 fully saturated rings. The van der Waals surface area contributed by atoms with Crippen LogP contribution in [0.1, 0.15) is 11.9 Å². The molecule has 0 aliphatic rings. The Balaban J connectivity index is 1.78. The van der Waals surface area contributed by atoms with Gasteiger partial charge in [-0.05, 0) is 18.7 Å². The number of thiazole rings is 1. The van der Waals surface area contributed by atoms with Crippen molar-refractivity contribution in [3.8, 4) is 0 Å². The van der Waals surface area contributed by atoms with E-state index in [9.17, 15) is 0 Å². The number of nitrogens with zero attached hydrogens (tertiary/aromatic N) is 3. The van der Waals surface area contributed by atoms with Crippen molar-refractivity contribution < 1.29 is 0 Å². The lowest BCUT2D eigenvalue weighted by atomic mass is 10.2. The molecule has 5 heteroatoms. The minimum atomic E-state index is 0.378. The number of imidazole rings is 1. The van der Waals surface area contributed by atoms with Gasteiger partial charge in [0.1, 0.15) is 0 Å². The van der Waals surface area contributed by atoms with Crippen LogP contribution >= 0.6 is 11.3 Å². The molecule has 4 nitrogen and oxygen atoms in total. The molecule has 3 aromatic rings. The van der Waals surface area contributed by atoms with Gasteiger partial charge in [-0.1, -0.05) is 19.1 Å². The number of rotatable bonds is 6. The fourth-order valence-corrected chi connectivity index (χ4v) is 3.15. The van der Waals surface area contributed by atoms with Crippen LogP contribution in [0.15, 0.2) is 42.2 Å². The van der Waals surface area contributed by atoms with Gasteiger partial charge >= 0.3 is 0 Å². The van der Waals surface area contributed by atoms with Crippen molar-refractivity contribution in [3.63, 3.8) is 0 Å². The highest BCUT2D eigenvalue weighted by Crippen LogP contribution is 2.14. The number of likely N-dealkylation sites (N-methyl/N-ethyl adjacent to an activating group) is 1. The first-order valence-electron chi connectivity index (χ1n) is 6.88. The summed E-state index contributed by atoms with van der Waals surface area (Å²) in [5.74, 6) is 0. The SMILES string of the molecule is CCNC(Cc1nccs1)Cn1cnc2ccccc21. The van der Waals surface area contributed by atoms with Crippen LogP contribution in [0.4, 0.5) is 0 Å². The van der Waals surface area contributed by atoms with Crippen LogP contribution in [0.2, 0.25) is 0 Å². The molecule has 0 aliphatic carbocycles. The highest BCUT2D eigenvalue weighted by Gasteiger charge is 2.12. The number of nitrogens with one attached hydrogen (secondary N) is 1. The summed E-state index contributed by atoms with van der Waals surface area (Å²) in [7, 11) is 0. The molecule has 104 valence electrons. The lowest BCUT2D eigenvalue weighted by Gasteiger charge is -2.17. The van der Waals surface area contributed by atoms with Crippen molar-refractivity contribution in [3.05, 3.63) is 47.2 Å². The number of hydrogen-bond acceptors (Lipinski definition) is 4. The van der Waals surface area contributed by atoms with Crippen molar-refractivity contribution in [2.24, 2.45) is 0 Å². The van der Waals surface area contributed by atoms with E-state index in [2.05, 4.69) is 45.0 Å². The Bertz CT molecular complexity index is 659. The van der Waals surface area contributed by atoms with Crippen LogP contribution in [0.25, 0.3) is 11.0 Å². The van der Waals surface area contributed by atoms with Crippen LogP contribution < -0.4 is 5.32 Å². The van der Waals surface area contributed by atoms with E-state index in [-0.39, 0.29) is 0 Å². The van der Waals surface area contributed by atoms with E-state index in [0.717, 1.165) is 25.0 Å². The second kappa shape index (κ2) is 6.15. The van der Waals surface area contributed by atoms with E-state index in [0.29, 0.717) is 6.04 Å². The molecule has 0 spiro atoms.